The van der Waals surface area contributed by atoms with Gasteiger partial charge < -0.3 is 4.48 Å². The average Bonchev–Trinajstić information content (AvgIpc) is 2.84. The van der Waals surface area contributed by atoms with Crippen LogP contribution in [0.25, 0.3) is 0 Å². The van der Waals surface area contributed by atoms with Crippen molar-refractivity contribution in [1.29, 1.82) is 0 Å². The molecule has 0 fully saturated rings. The van der Waals surface area contributed by atoms with E-state index in [4.69, 9.17) is 38.4 Å². The summed E-state index contributed by atoms with van der Waals surface area (Å²) < 4.78 is 224. The number of rotatable bonds is 15. The molecule has 0 saturated carbocycles. The Kier molecular flexibility index (Phi) is 2.26. The molecule has 122 valence electrons. The monoisotopic (exact) mass is 313 g/mol. The van der Waals surface area contributed by atoms with Crippen molar-refractivity contribution >= 4 is 0 Å². The van der Waals surface area contributed by atoms with Gasteiger partial charge in [-0.15, -0.1) is 0 Å². The molecule has 0 N–H and O–H groups in total. The molecule has 0 bridgehead atoms. The topological polar surface area (TPSA) is 0 Å². The molecule has 0 aromatic carbocycles. The summed E-state index contributed by atoms with van der Waals surface area (Å²) in [6, 6.07) is 0. The zero-order valence-electron chi connectivity index (χ0n) is 39.9. The molecule has 1 nitrogen and oxygen atoms in total. The van der Waals surface area contributed by atoms with E-state index in [1.54, 1.807) is 0 Å². The Labute approximate surface area is 169 Å². The Bertz CT molecular complexity index is 1140. The van der Waals surface area contributed by atoms with Crippen LogP contribution in [0, 0.1) is 0 Å². The normalized spacial score (nSPS) is 43.5. The maximum atomic E-state index is 8.25. The van der Waals surface area contributed by atoms with Crippen LogP contribution in [0.2, 0.25) is 0 Å². The lowest BCUT2D eigenvalue weighted by Crippen LogP contribution is -2.35. The lowest BCUT2D eigenvalue weighted by molar-refractivity contribution is -0.870. The summed E-state index contributed by atoms with van der Waals surface area (Å²) in [5.74, 6) is 0. The minimum atomic E-state index is -4.66. The van der Waals surface area contributed by atoms with Crippen LogP contribution < -0.4 is 0 Å². The van der Waals surface area contributed by atoms with Crippen molar-refractivity contribution in [2.45, 2.75) is 96.2 Å². The summed E-state index contributed by atoms with van der Waals surface area (Å²) in [5.41, 5.74) is 0. The van der Waals surface area contributed by atoms with E-state index in [9.17, 15) is 0 Å². The van der Waals surface area contributed by atoms with Crippen molar-refractivity contribution in [2.24, 2.45) is 0 Å². The smallest absolute Gasteiger partial charge is 0.0924 e. The van der Waals surface area contributed by atoms with Gasteiger partial charge in [0.25, 0.3) is 0 Å². The van der Waals surface area contributed by atoms with Gasteiger partial charge in [-0.05, 0) is 12.7 Å². The average molecular weight is 313 g/mol. The third-order valence-corrected chi connectivity index (χ3v) is 1.51. The maximum absolute atomic E-state index is 8.25. The highest BCUT2D eigenvalue weighted by atomic mass is 15.3. The Balaban J connectivity index is 6.94. The van der Waals surface area contributed by atoms with E-state index in [2.05, 4.69) is 0 Å². The summed E-state index contributed by atoms with van der Waals surface area (Å²) >= 11 is 0. The first-order valence-electron chi connectivity index (χ1n) is 19.9. The molecule has 0 spiro atoms. The fourth-order valence-corrected chi connectivity index (χ4v) is 0.762. The van der Waals surface area contributed by atoms with Gasteiger partial charge in [0.1, 0.15) is 0 Å². The second kappa shape index (κ2) is 13.9. The third kappa shape index (κ3) is 18.0. The fourth-order valence-electron chi connectivity index (χ4n) is 0.762. The maximum Gasteiger partial charge on any atom is 0.0924 e. The molecule has 0 amide bonds. The first kappa shape index (κ1) is 3.25. The number of hydrogen-bond acceptors (Lipinski definition) is 0. The first-order chi connectivity index (χ1) is 20.1. The lowest BCUT2D eigenvalue weighted by Gasteiger charge is -2.23. The summed E-state index contributed by atoms with van der Waals surface area (Å²) in [6.45, 7) is -7.06. The van der Waals surface area contributed by atoms with E-state index >= 15 is 0 Å². The van der Waals surface area contributed by atoms with Gasteiger partial charge in [0.15, 0.2) is 0 Å². The zero-order chi connectivity index (χ0) is 40.0. The fraction of sp³-hybridized carbons (Fsp3) is 1.00. The molecular weight excluding hydrogens is 242 g/mol. The summed E-state index contributed by atoms with van der Waals surface area (Å²) in [5, 5.41) is 0. The van der Waals surface area contributed by atoms with E-state index in [0.717, 1.165) is 21.1 Å². The van der Waals surface area contributed by atoms with Gasteiger partial charge in [-0.3, -0.25) is 0 Å². The Morgan fingerprint density at radius 3 is 1.90 bits per heavy atom. The molecule has 1 atom stereocenters. The van der Waals surface area contributed by atoms with Crippen LogP contribution >= 0.6 is 0 Å². The molecule has 0 aliphatic rings. The molecule has 0 aliphatic heterocycles. The quantitative estimate of drug-likeness (QED) is 0.317. The highest BCUT2D eigenvalue weighted by Crippen LogP contribution is 2.13. The first-order valence-corrected chi connectivity index (χ1v) is 5.87. The number of quaternary nitrogens is 1. The van der Waals surface area contributed by atoms with E-state index in [1.165, 1.54) is 0 Å². The van der Waals surface area contributed by atoms with Crippen molar-refractivity contribution in [3.63, 3.8) is 0 Å². The van der Waals surface area contributed by atoms with Gasteiger partial charge in [0.05, 0.1) is 30.4 Å². The minimum absolute atomic E-state index is 1.03. The van der Waals surface area contributed by atoms with Crippen molar-refractivity contribution in [1.82, 2.24) is 0 Å². The van der Waals surface area contributed by atoms with Gasteiger partial charge in [-0.1, -0.05) is 83.4 Å². The van der Waals surface area contributed by atoms with Gasteiger partial charge in [0.2, 0.25) is 0 Å². The van der Waals surface area contributed by atoms with Gasteiger partial charge in [-0.25, -0.2) is 0 Å². The predicted octanol–water partition coefficient (Wildman–Crippen LogP) is 6.17. The molecule has 0 heterocycles. The Hall–Kier alpha value is -0.0400. The number of hydrogen-bond donors (Lipinski definition) is 0. The summed E-state index contributed by atoms with van der Waals surface area (Å²) in [6.07, 6.45) is -51.6. The van der Waals surface area contributed by atoms with Gasteiger partial charge in [-0.2, -0.15) is 0 Å². The van der Waals surface area contributed by atoms with Crippen LogP contribution in [0.4, 0.5) is 0 Å². The summed E-state index contributed by atoms with van der Waals surface area (Å²) in [4.78, 5) is 0. The highest BCUT2D eigenvalue weighted by Gasteiger charge is 2.04. The second-order valence-electron chi connectivity index (χ2n) is 4.31. The molecule has 0 saturated heterocycles. The zero-order valence-corrected chi connectivity index (χ0v) is 11.9. The predicted molar refractivity (Wildman–Crippen MR) is 93.2 cm³/mol. The van der Waals surface area contributed by atoms with E-state index in [1.807, 2.05) is 0 Å². The van der Waals surface area contributed by atoms with Gasteiger partial charge in [0, 0.05) is 35.6 Å². The molecule has 1 unspecified atom stereocenters. The van der Waals surface area contributed by atoms with Crippen molar-refractivity contribution in [3.05, 3.63) is 0 Å². The van der Waals surface area contributed by atoms with Crippen molar-refractivity contribution in [3.8, 4) is 0 Å². The van der Waals surface area contributed by atoms with Crippen molar-refractivity contribution < 1.29 is 42.9 Å². The molecular formula is C19H42N+. The summed E-state index contributed by atoms with van der Waals surface area (Å²) in [7, 11) is 3.15. The molecule has 0 aromatic heterocycles. The third-order valence-electron chi connectivity index (χ3n) is 1.51. The molecule has 0 aromatic rings. The van der Waals surface area contributed by atoms with E-state index in [-0.39, 0.29) is 0 Å². The van der Waals surface area contributed by atoms with Crippen LogP contribution in [0.5, 0.6) is 0 Å². The minimum Gasteiger partial charge on any atom is -0.331 e. The van der Waals surface area contributed by atoms with E-state index < -0.39 is 107 Å². The van der Waals surface area contributed by atoms with Crippen LogP contribution in [0.3, 0.4) is 0 Å². The lowest BCUT2D eigenvalue weighted by atomic mass is 10.0. The molecule has 0 radical (unpaired) electrons. The van der Waals surface area contributed by atoms with E-state index in [0.29, 0.717) is 0 Å². The Morgan fingerprint density at radius 1 is 0.700 bits per heavy atom. The highest BCUT2D eigenvalue weighted by molar-refractivity contribution is 4.49. The number of nitrogens with zero attached hydrogens (tertiary/aromatic N) is 1. The van der Waals surface area contributed by atoms with Crippen molar-refractivity contribution in [2.75, 3.05) is 27.6 Å². The molecule has 0 rings (SSSR count). The SMILES string of the molecule is [2H]C(CCC([2H])([2H])C([2H])([2H])C([2H])([2H])C([2H])([2H])[2H])C([2H])([2H])C([2H])([2H])C([2H])([2H])C([2H])([2H])C([2H])([2H])C([2H])([2H])C([2H])([2H])C([2H])([2H])C([2H])([2H])[N+](C)(C)C. The Morgan fingerprint density at radius 2 is 1.30 bits per heavy atom. The standard InChI is InChI=1S/C19H42N/c1-5-6-7-8-9-10-11-12-13-14-15-16-17-18-19-20(2,3)4/h5-19H2,1-4H3/q+1/i1D3,5D2,6D2,7D2,10D,11D2,12D2,13D2,14D2,15D2,16D2,17D2,18D2,19D2. The molecule has 0 aliphatic carbocycles. The van der Waals surface area contributed by atoms with Crippen LogP contribution in [-0.2, 0) is 0 Å². The van der Waals surface area contributed by atoms with Crippen LogP contribution in [0.1, 0.15) is 135 Å². The second-order valence-corrected chi connectivity index (χ2v) is 4.31. The largest absolute Gasteiger partial charge is 0.331 e. The van der Waals surface area contributed by atoms with Crippen LogP contribution in [0.15, 0.2) is 0 Å². The van der Waals surface area contributed by atoms with Gasteiger partial charge >= 0.3 is 0 Å². The van der Waals surface area contributed by atoms with Crippen LogP contribution in [-0.4, -0.2) is 32.1 Å². The molecule has 20 heavy (non-hydrogen) atoms. The molecule has 1 heteroatoms.